The largest absolute Gasteiger partial charge is 0.416 e. The molecule has 1 aliphatic rings. The summed E-state index contributed by atoms with van der Waals surface area (Å²) in [6.45, 7) is 2.01. The third kappa shape index (κ3) is 4.25. The number of hydrogen-bond donors (Lipinski definition) is 0. The van der Waals surface area contributed by atoms with Crippen molar-refractivity contribution in [3.8, 4) is 6.07 Å². The highest BCUT2D eigenvalue weighted by Gasteiger charge is 2.34. The van der Waals surface area contributed by atoms with E-state index in [9.17, 15) is 18.0 Å². The average Bonchev–Trinajstić information content (AvgIpc) is 3.09. The van der Waals surface area contributed by atoms with E-state index in [-0.39, 0.29) is 37.5 Å². The monoisotopic (exact) mass is 379 g/mol. The van der Waals surface area contributed by atoms with E-state index >= 15 is 0 Å². The standard InChI is InChI=1S/C17H16F3N5O2/c1-11-9-27-14(12-3-2-4-13(5-12)17(18,19)20)7-25(11)16(26)8-24-10-22-15(6-21)23-24/h2-5,10-11,14H,7-9H2,1H3. The molecule has 0 N–H and O–H groups in total. The lowest BCUT2D eigenvalue weighted by Crippen LogP contribution is -2.49. The van der Waals surface area contributed by atoms with E-state index in [2.05, 4.69) is 10.1 Å². The second kappa shape index (κ2) is 7.36. The van der Waals surface area contributed by atoms with Crippen LogP contribution < -0.4 is 0 Å². The molecule has 1 aromatic carbocycles. The zero-order valence-corrected chi connectivity index (χ0v) is 14.3. The van der Waals surface area contributed by atoms with E-state index in [1.807, 2.05) is 0 Å². The molecular weight excluding hydrogens is 363 g/mol. The summed E-state index contributed by atoms with van der Waals surface area (Å²) in [5, 5.41) is 12.6. The van der Waals surface area contributed by atoms with Crippen molar-refractivity contribution < 1.29 is 22.7 Å². The van der Waals surface area contributed by atoms with Gasteiger partial charge in [0.05, 0.1) is 24.8 Å². The number of morpholine rings is 1. The SMILES string of the molecule is CC1COC(c2cccc(C(F)(F)F)c2)CN1C(=O)Cn1cnc(C#N)n1. The summed E-state index contributed by atoms with van der Waals surface area (Å²) in [5.41, 5.74) is -0.395. The molecule has 2 heterocycles. The summed E-state index contributed by atoms with van der Waals surface area (Å²) < 4.78 is 45.7. The maximum atomic E-state index is 12.9. The van der Waals surface area contributed by atoms with Gasteiger partial charge in [0.25, 0.3) is 5.82 Å². The van der Waals surface area contributed by atoms with Crippen LogP contribution in [0.3, 0.4) is 0 Å². The van der Waals surface area contributed by atoms with Gasteiger partial charge in [0.1, 0.15) is 25.0 Å². The van der Waals surface area contributed by atoms with E-state index in [4.69, 9.17) is 10.00 Å². The summed E-state index contributed by atoms with van der Waals surface area (Å²) in [6.07, 6.45) is -3.82. The van der Waals surface area contributed by atoms with Gasteiger partial charge in [0, 0.05) is 0 Å². The van der Waals surface area contributed by atoms with Gasteiger partial charge in [-0.25, -0.2) is 9.67 Å². The minimum Gasteiger partial charge on any atom is -0.370 e. The maximum Gasteiger partial charge on any atom is 0.416 e. The zero-order chi connectivity index (χ0) is 19.6. The molecule has 142 valence electrons. The second-order valence-corrected chi connectivity index (χ2v) is 6.22. The minimum atomic E-state index is -4.45. The van der Waals surface area contributed by atoms with E-state index < -0.39 is 17.8 Å². The number of ether oxygens (including phenoxy) is 1. The van der Waals surface area contributed by atoms with Crippen LogP contribution in [-0.2, 0) is 22.3 Å². The molecule has 10 heteroatoms. The number of amides is 1. The summed E-state index contributed by atoms with van der Waals surface area (Å²) in [5.74, 6) is -0.322. The Bertz CT molecular complexity index is 874. The van der Waals surface area contributed by atoms with Crippen LogP contribution in [-0.4, -0.2) is 44.8 Å². The summed E-state index contributed by atoms with van der Waals surface area (Å²) in [4.78, 5) is 17.9. The molecule has 1 amide bonds. The number of carbonyl (C=O) groups excluding carboxylic acids is 1. The van der Waals surface area contributed by atoms with Crippen LogP contribution in [0, 0.1) is 11.3 Å². The van der Waals surface area contributed by atoms with E-state index in [0.717, 1.165) is 12.1 Å². The first-order valence-corrected chi connectivity index (χ1v) is 8.15. The number of hydrogen-bond acceptors (Lipinski definition) is 5. The number of halogens is 3. The molecule has 1 aromatic heterocycles. The molecule has 7 nitrogen and oxygen atoms in total. The summed E-state index contributed by atoms with van der Waals surface area (Å²) in [7, 11) is 0. The van der Waals surface area contributed by atoms with Gasteiger partial charge >= 0.3 is 6.18 Å². The van der Waals surface area contributed by atoms with Crippen molar-refractivity contribution in [3.63, 3.8) is 0 Å². The molecule has 1 saturated heterocycles. The predicted molar refractivity (Wildman–Crippen MR) is 86.0 cm³/mol. The third-order valence-electron chi connectivity index (χ3n) is 4.27. The Morgan fingerprint density at radius 1 is 1.44 bits per heavy atom. The van der Waals surface area contributed by atoms with Crippen molar-refractivity contribution in [3.05, 3.63) is 47.5 Å². The molecule has 1 aliphatic heterocycles. The van der Waals surface area contributed by atoms with Gasteiger partial charge in [-0.1, -0.05) is 12.1 Å². The first kappa shape index (κ1) is 18.8. The van der Waals surface area contributed by atoms with Crippen molar-refractivity contribution in [1.29, 1.82) is 5.26 Å². The summed E-state index contributed by atoms with van der Waals surface area (Å²) in [6, 6.07) is 6.45. The highest BCUT2D eigenvalue weighted by Crippen LogP contribution is 2.32. The lowest BCUT2D eigenvalue weighted by Gasteiger charge is -2.38. The number of alkyl halides is 3. The minimum absolute atomic E-state index is 0.0420. The highest BCUT2D eigenvalue weighted by molar-refractivity contribution is 5.76. The number of aromatic nitrogens is 3. The summed E-state index contributed by atoms with van der Waals surface area (Å²) >= 11 is 0. The molecule has 3 rings (SSSR count). The van der Waals surface area contributed by atoms with Gasteiger partial charge in [-0.05, 0) is 24.6 Å². The van der Waals surface area contributed by atoms with Crippen molar-refractivity contribution in [2.45, 2.75) is 31.8 Å². The van der Waals surface area contributed by atoms with E-state index in [0.29, 0.717) is 5.56 Å². The molecule has 2 aromatic rings. The fourth-order valence-corrected chi connectivity index (χ4v) is 2.87. The number of benzene rings is 1. The van der Waals surface area contributed by atoms with Crippen LogP contribution >= 0.6 is 0 Å². The van der Waals surface area contributed by atoms with Gasteiger partial charge in [0.15, 0.2) is 0 Å². The molecular formula is C17H16F3N5O2. The maximum absolute atomic E-state index is 12.9. The normalized spacial score (nSPS) is 20.3. The van der Waals surface area contributed by atoms with Crippen molar-refractivity contribution >= 4 is 5.91 Å². The number of nitrogens with zero attached hydrogens (tertiary/aromatic N) is 5. The predicted octanol–water partition coefficient (Wildman–Crippen LogP) is 2.16. The number of nitriles is 1. The van der Waals surface area contributed by atoms with Crippen LogP contribution in [0.15, 0.2) is 30.6 Å². The third-order valence-corrected chi connectivity index (χ3v) is 4.27. The number of carbonyl (C=O) groups is 1. The number of rotatable bonds is 3. The smallest absolute Gasteiger partial charge is 0.370 e. The van der Waals surface area contributed by atoms with Crippen LogP contribution in [0.5, 0.6) is 0 Å². The van der Waals surface area contributed by atoms with Gasteiger partial charge in [-0.2, -0.15) is 18.4 Å². The highest BCUT2D eigenvalue weighted by atomic mass is 19.4. The van der Waals surface area contributed by atoms with Crippen molar-refractivity contribution in [1.82, 2.24) is 19.7 Å². The lowest BCUT2D eigenvalue weighted by atomic mass is 10.0. The fraction of sp³-hybridized carbons (Fsp3) is 0.412. The van der Waals surface area contributed by atoms with Crippen LogP contribution in [0.25, 0.3) is 0 Å². The molecule has 2 unspecified atom stereocenters. The first-order valence-electron chi connectivity index (χ1n) is 8.15. The first-order chi connectivity index (χ1) is 12.8. The second-order valence-electron chi connectivity index (χ2n) is 6.22. The van der Waals surface area contributed by atoms with Crippen molar-refractivity contribution in [2.75, 3.05) is 13.2 Å². The van der Waals surface area contributed by atoms with Gasteiger partial charge < -0.3 is 9.64 Å². The Kier molecular flexibility index (Phi) is 5.14. The zero-order valence-electron chi connectivity index (χ0n) is 14.3. The molecule has 0 radical (unpaired) electrons. The van der Waals surface area contributed by atoms with Gasteiger partial charge in [0.2, 0.25) is 5.91 Å². The Balaban J connectivity index is 1.74. The molecule has 0 spiro atoms. The Hall–Kier alpha value is -2.93. The lowest BCUT2D eigenvalue weighted by molar-refractivity contribution is -0.146. The Morgan fingerprint density at radius 2 is 2.22 bits per heavy atom. The molecule has 2 atom stereocenters. The van der Waals surface area contributed by atoms with Crippen LogP contribution in [0.2, 0.25) is 0 Å². The van der Waals surface area contributed by atoms with E-state index in [1.165, 1.54) is 17.1 Å². The molecule has 1 fully saturated rings. The van der Waals surface area contributed by atoms with Crippen molar-refractivity contribution in [2.24, 2.45) is 0 Å². The molecule has 27 heavy (non-hydrogen) atoms. The quantitative estimate of drug-likeness (QED) is 0.816. The molecule has 0 aliphatic carbocycles. The Morgan fingerprint density at radius 3 is 2.89 bits per heavy atom. The van der Waals surface area contributed by atoms with Gasteiger partial charge in [-0.15, -0.1) is 5.10 Å². The van der Waals surface area contributed by atoms with Crippen LogP contribution in [0.4, 0.5) is 13.2 Å². The molecule has 0 saturated carbocycles. The van der Waals surface area contributed by atoms with Crippen LogP contribution in [0.1, 0.15) is 30.0 Å². The average molecular weight is 379 g/mol. The Labute approximate surface area is 153 Å². The topological polar surface area (TPSA) is 84.0 Å². The molecule has 0 bridgehead atoms. The van der Waals surface area contributed by atoms with E-state index in [1.54, 1.807) is 24.0 Å². The van der Waals surface area contributed by atoms with Gasteiger partial charge in [-0.3, -0.25) is 4.79 Å². The fourth-order valence-electron chi connectivity index (χ4n) is 2.87.